The van der Waals surface area contributed by atoms with Crippen LogP contribution in [0, 0.1) is 20.6 Å². The van der Waals surface area contributed by atoms with E-state index in [9.17, 15) is 14.9 Å². The molecular weight excluding hydrogens is 435 g/mol. The van der Waals surface area contributed by atoms with Crippen molar-refractivity contribution in [1.82, 2.24) is 9.78 Å². The lowest BCUT2D eigenvalue weighted by Crippen LogP contribution is -2.13. The summed E-state index contributed by atoms with van der Waals surface area (Å²) < 4.78 is 2.48. The number of nitro groups is 1. The second-order valence-corrected chi connectivity index (χ2v) is 6.50. The van der Waals surface area contributed by atoms with Crippen LogP contribution in [0.15, 0.2) is 54.7 Å². The predicted molar refractivity (Wildman–Crippen MR) is 102 cm³/mol. The topological polar surface area (TPSA) is 90.1 Å². The second kappa shape index (κ2) is 7.01. The summed E-state index contributed by atoms with van der Waals surface area (Å²) in [5.41, 5.74) is 2.52. The number of nitrogens with zero attached hydrogens (tertiary/aromatic N) is 3. The maximum absolute atomic E-state index is 12.3. The molecule has 8 heteroatoms. The number of rotatable bonds is 4. The van der Waals surface area contributed by atoms with Crippen LogP contribution in [0.3, 0.4) is 0 Å². The van der Waals surface area contributed by atoms with Crippen LogP contribution in [0.25, 0.3) is 5.69 Å². The summed E-state index contributed by atoms with van der Waals surface area (Å²) in [7, 11) is 0. The lowest BCUT2D eigenvalue weighted by Gasteiger charge is -2.05. The van der Waals surface area contributed by atoms with Crippen molar-refractivity contribution in [2.75, 3.05) is 5.32 Å². The fourth-order valence-corrected chi connectivity index (χ4v) is 2.72. The first-order chi connectivity index (χ1) is 11.9. The molecule has 0 unspecified atom stereocenters. The van der Waals surface area contributed by atoms with Gasteiger partial charge in [0.1, 0.15) is 0 Å². The number of nitro benzene ring substituents is 1. The van der Waals surface area contributed by atoms with Gasteiger partial charge in [-0.3, -0.25) is 14.9 Å². The number of aryl methyl sites for hydroxylation is 1. The average molecular weight is 448 g/mol. The van der Waals surface area contributed by atoms with Crippen molar-refractivity contribution in [2.24, 2.45) is 0 Å². The van der Waals surface area contributed by atoms with Crippen molar-refractivity contribution in [3.8, 4) is 5.69 Å². The summed E-state index contributed by atoms with van der Waals surface area (Å²) >= 11 is 2.21. The summed E-state index contributed by atoms with van der Waals surface area (Å²) in [4.78, 5) is 22.7. The molecule has 0 spiro atoms. The van der Waals surface area contributed by atoms with Gasteiger partial charge in [-0.2, -0.15) is 5.10 Å². The van der Waals surface area contributed by atoms with Crippen LogP contribution >= 0.6 is 22.6 Å². The molecule has 0 bridgehead atoms. The zero-order valence-electron chi connectivity index (χ0n) is 13.1. The largest absolute Gasteiger partial charge is 0.321 e. The minimum absolute atomic E-state index is 0.0340. The summed E-state index contributed by atoms with van der Waals surface area (Å²) in [6.45, 7) is 1.99. The molecule has 0 aliphatic heterocycles. The quantitative estimate of drug-likeness (QED) is 0.372. The van der Waals surface area contributed by atoms with E-state index in [4.69, 9.17) is 0 Å². The van der Waals surface area contributed by atoms with E-state index in [1.165, 1.54) is 16.8 Å². The lowest BCUT2D eigenvalue weighted by atomic mass is 10.2. The Balaban J connectivity index is 1.81. The average Bonchev–Trinajstić information content (AvgIpc) is 3.08. The number of anilines is 1. The van der Waals surface area contributed by atoms with Gasteiger partial charge in [-0.05, 0) is 59.3 Å². The third-order valence-electron chi connectivity index (χ3n) is 3.56. The van der Waals surface area contributed by atoms with Crippen LogP contribution in [-0.4, -0.2) is 20.6 Å². The second-order valence-electron chi connectivity index (χ2n) is 5.34. The molecular formula is C17H13IN4O3. The molecule has 0 aliphatic carbocycles. The molecule has 0 fully saturated rings. The molecule has 1 N–H and O–H groups in total. The maximum atomic E-state index is 12.3. The number of hydrogen-bond acceptors (Lipinski definition) is 4. The first-order valence-electron chi connectivity index (χ1n) is 7.32. The van der Waals surface area contributed by atoms with Crippen molar-refractivity contribution in [2.45, 2.75) is 6.92 Å². The van der Waals surface area contributed by atoms with Gasteiger partial charge in [-0.15, -0.1) is 0 Å². The molecule has 0 radical (unpaired) electrons. The van der Waals surface area contributed by atoms with Crippen LogP contribution in [0.1, 0.15) is 16.1 Å². The number of carbonyl (C=O) groups is 1. The van der Waals surface area contributed by atoms with E-state index in [0.717, 1.165) is 9.13 Å². The monoisotopic (exact) mass is 448 g/mol. The van der Waals surface area contributed by atoms with E-state index >= 15 is 0 Å². The number of aromatic nitrogens is 2. The van der Waals surface area contributed by atoms with Gasteiger partial charge in [0.15, 0.2) is 5.69 Å². The van der Waals surface area contributed by atoms with Crippen LogP contribution in [0.5, 0.6) is 0 Å². The maximum Gasteiger partial charge on any atom is 0.276 e. The van der Waals surface area contributed by atoms with Crippen LogP contribution in [0.4, 0.5) is 11.4 Å². The predicted octanol–water partition coefficient (Wildman–Crippen LogP) is 3.95. The lowest BCUT2D eigenvalue weighted by molar-refractivity contribution is -0.384. The highest BCUT2D eigenvalue weighted by Gasteiger charge is 2.13. The van der Waals surface area contributed by atoms with Crippen molar-refractivity contribution >= 4 is 39.9 Å². The Morgan fingerprint density at radius 3 is 2.76 bits per heavy atom. The van der Waals surface area contributed by atoms with Gasteiger partial charge in [0.2, 0.25) is 0 Å². The Hall–Kier alpha value is -2.75. The van der Waals surface area contributed by atoms with Crippen molar-refractivity contribution in [1.29, 1.82) is 0 Å². The SMILES string of the molecule is Cc1ccc(NC(=O)c2ccn(-c3cccc([N+](=O)[O-])c3)n2)cc1I. The molecule has 0 atom stereocenters. The Bertz CT molecular complexity index is 968. The number of halogens is 1. The van der Waals surface area contributed by atoms with E-state index in [2.05, 4.69) is 33.0 Å². The highest BCUT2D eigenvalue weighted by Crippen LogP contribution is 2.19. The van der Waals surface area contributed by atoms with Crippen molar-refractivity contribution < 1.29 is 9.72 Å². The fourth-order valence-electron chi connectivity index (χ4n) is 2.20. The Morgan fingerprint density at radius 2 is 2.04 bits per heavy atom. The van der Waals surface area contributed by atoms with E-state index < -0.39 is 4.92 Å². The molecule has 1 heterocycles. The first kappa shape index (κ1) is 17.1. The number of carbonyl (C=O) groups excluding carboxylic acids is 1. The number of non-ortho nitro benzene ring substituents is 1. The molecule has 1 amide bonds. The first-order valence-corrected chi connectivity index (χ1v) is 8.40. The number of nitrogens with one attached hydrogen (secondary N) is 1. The smallest absolute Gasteiger partial charge is 0.276 e. The van der Waals surface area contributed by atoms with E-state index in [1.54, 1.807) is 24.4 Å². The van der Waals surface area contributed by atoms with E-state index in [-0.39, 0.29) is 17.3 Å². The normalized spacial score (nSPS) is 10.5. The van der Waals surface area contributed by atoms with E-state index in [0.29, 0.717) is 11.4 Å². The summed E-state index contributed by atoms with van der Waals surface area (Å²) in [5.74, 6) is -0.344. The molecule has 7 nitrogen and oxygen atoms in total. The molecule has 0 saturated carbocycles. The van der Waals surface area contributed by atoms with Gasteiger partial charge in [-0.1, -0.05) is 12.1 Å². The molecule has 3 aromatic rings. The molecule has 1 aromatic heterocycles. The Morgan fingerprint density at radius 1 is 1.24 bits per heavy atom. The van der Waals surface area contributed by atoms with Gasteiger partial charge >= 0.3 is 0 Å². The van der Waals surface area contributed by atoms with Crippen LogP contribution < -0.4 is 5.32 Å². The highest BCUT2D eigenvalue weighted by atomic mass is 127. The highest BCUT2D eigenvalue weighted by molar-refractivity contribution is 14.1. The Labute approximate surface area is 157 Å². The fraction of sp³-hybridized carbons (Fsp3) is 0.0588. The molecule has 126 valence electrons. The zero-order chi connectivity index (χ0) is 18.0. The van der Waals surface area contributed by atoms with Crippen molar-refractivity contribution in [3.63, 3.8) is 0 Å². The number of hydrogen-bond donors (Lipinski definition) is 1. The van der Waals surface area contributed by atoms with Gasteiger partial charge in [0.05, 0.1) is 10.6 Å². The van der Waals surface area contributed by atoms with Crippen LogP contribution in [0.2, 0.25) is 0 Å². The standard InChI is InChI=1S/C17H13IN4O3/c1-11-5-6-12(9-15(11)18)19-17(23)16-7-8-21(20-16)13-3-2-4-14(10-13)22(24)25/h2-10H,1H3,(H,19,23). The summed E-state index contributed by atoms with van der Waals surface area (Å²) in [5, 5.41) is 17.9. The Kier molecular flexibility index (Phi) is 4.79. The molecule has 0 aliphatic rings. The minimum Gasteiger partial charge on any atom is -0.321 e. The van der Waals surface area contributed by atoms with Gasteiger partial charge in [0, 0.05) is 27.6 Å². The molecule has 3 rings (SSSR count). The summed E-state index contributed by atoms with van der Waals surface area (Å²) in [6.07, 6.45) is 1.59. The van der Waals surface area contributed by atoms with Gasteiger partial charge in [-0.25, -0.2) is 4.68 Å². The summed E-state index contributed by atoms with van der Waals surface area (Å²) in [6, 6.07) is 13.3. The number of benzene rings is 2. The molecule has 0 saturated heterocycles. The third-order valence-corrected chi connectivity index (χ3v) is 4.72. The van der Waals surface area contributed by atoms with Gasteiger partial charge in [0.25, 0.3) is 11.6 Å². The van der Waals surface area contributed by atoms with Crippen LogP contribution in [-0.2, 0) is 0 Å². The van der Waals surface area contributed by atoms with Gasteiger partial charge < -0.3 is 5.32 Å². The third kappa shape index (κ3) is 3.85. The van der Waals surface area contributed by atoms with Crippen molar-refractivity contribution in [3.05, 3.63) is 79.7 Å². The van der Waals surface area contributed by atoms with E-state index in [1.807, 2.05) is 25.1 Å². The molecule has 25 heavy (non-hydrogen) atoms. The zero-order valence-corrected chi connectivity index (χ0v) is 15.3. The minimum atomic E-state index is -0.473. The molecule has 2 aromatic carbocycles. The number of amides is 1.